The standard InChI is InChI=1S/C17H29N5O3.3ClH/c23-14-16-3-1-2-8-22(16)25-17(24)13-19-21-11-9-20(10-12-21)15-4-6-18-7-5-15;;;/h15,18-19H,1-13H2;3*1H. The molecule has 0 radical (unpaired) electrons. The van der Waals surface area contributed by atoms with E-state index < -0.39 is 0 Å². The van der Waals surface area contributed by atoms with Crippen LogP contribution >= 0.6 is 37.2 Å². The first-order valence-electron chi connectivity index (χ1n) is 9.42. The molecule has 3 fully saturated rings. The van der Waals surface area contributed by atoms with Crippen LogP contribution in [0.15, 0.2) is 5.70 Å². The van der Waals surface area contributed by atoms with Crippen LogP contribution in [0.2, 0.25) is 0 Å². The van der Waals surface area contributed by atoms with Gasteiger partial charge >= 0.3 is 5.97 Å². The van der Waals surface area contributed by atoms with Crippen molar-refractivity contribution in [2.75, 3.05) is 52.4 Å². The maximum atomic E-state index is 12.0. The van der Waals surface area contributed by atoms with Crippen molar-refractivity contribution in [2.24, 2.45) is 0 Å². The van der Waals surface area contributed by atoms with Crippen molar-refractivity contribution in [1.82, 2.24) is 25.7 Å². The van der Waals surface area contributed by atoms with Crippen molar-refractivity contribution < 1.29 is 14.4 Å². The van der Waals surface area contributed by atoms with E-state index in [1.54, 1.807) is 0 Å². The molecule has 0 aromatic rings. The smallest absolute Gasteiger partial charge is 0.339 e. The quantitative estimate of drug-likeness (QED) is 0.583. The Morgan fingerprint density at radius 1 is 1.07 bits per heavy atom. The minimum atomic E-state index is -0.365. The zero-order valence-electron chi connectivity index (χ0n) is 16.1. The normalized spacial score (nSPS) is 21.6. The van der Waals surface area contributed by atoms with Crippen molar-refractivity contribution in [2.45, 2.75) is 38.1 Å². The molecule has 3 heterocycles. The van der Waals surface area contributed by atoms with Crippen molar-refractivity contribution in [1.29, 1.82) is 0 Å². The van der Waals surface area contributed by atoms with Crippen LogP contribution in [0, 0.1) is 0 Å². The number of hydrogen-bond donors (Lipinski definition) is 2. The molecule has 3 rings (SSSR count). The van der Waals surface area contributed by atoms with Gasteiger partial charge in [0, 0.05) is 38.6 Å². The molecule has 0 spiro atoms. The highest BCUT2D eigenvalue weighted by atomic mass is 35.5. The van der Waals surface area contributed by atoms with E-state index in [4.69, 9.17) is 4.84 Å². The summed E-state index contributed by atoms with van der Waals surface area (Å²) in [7, 11) is 0. The first-order chi connectivity index (χ1) is 12.3. The monoisotopic (exact) mass is 459 g/mol. The van der Waals surface area contributed by atoms with Crippen molar-refractivity contribution in [3.63, 3.8) is 0 Å². The molecule has 3 saturated heterocycles. The highest BCUT2D eigenvalue weighted by Gasteiger charge is 2.25. The van der Waals surface area contributed by atoms with Crippen LogP contribution < -0.4 is 10.7 Å². The molecule has 0 unspecified atom stereocenters. The lowest BCUT2D eigenvalue weighted by atomic mass is 10.0. The van der Waals surface area contributed by atoms with Gasteiger partial charge in [-0.2, -0.15) is 5.06 Å². The van der Waals surface area contributed by atoms with Gasteiger partial charge in [0.05, 0.1) is 6.54 Å². The number of rotatable bonds is 5. The number of nitrogens with zero attached hydrogens (tertiary/aromatic N) is 3. The molecule has 2 N–H and O–H groups in total. The number of hydroxylamine groups is 2. The minimum absolute atomic E-state index is 0. The van der Waals surface area contributed by atoms with Crippen LogP contribution in [0.1, 0.15) is 32.1 Å². The number of carbonyl (C=O) groups excluding carboxylic acids is 2. The van der Waals surface area contributed by atoms with Gasteiger partial charge in [-0.05, 0) is 38.8 Å². The van der Waals surface area contributed by atoms with E-state index in [0.29, 0.717) is 24.7 Å². The molecule has 0 bridgehead atoms. The van der Waals surface area contributed by atoms with Gasteiger partial charge in [0.1, 0.15) is 18.2 Å². The molecule has 0 amide bonds. The average molecular weight is 461 g/mol. The summed E-state index contributed by atoms with van der Waals surface area (Å²) in [6.45, 7) is 6.78. The number of hydrogen-bond acceptors (Lipinski definition) is 8. The SMILES string of the molecule is Cl.Cl.Cl.O=C=C1CCCCN1OC(=O)CNN1CCN(C2CCNCC2)CC1. The molecule has 28 heavy (non-hydrogen) atoms. The second kappa shape index (κ2) is 14.4. The van der Waals surface area contributed by atoms with Crippen LogP contribution in [0.3, 0.4) is 0 Å². The molecule has 0 atom stereocenters. The summed E-state index contributed by atoms with van der Waals surface area (Å²) in [6, 6.07) is 0.695. The lowest BCUT2D eigenvalue weighted by Crippen LogP contribution is -2.56. The van der Waals surface area contributed by atoms with Gasteiger partial charge in [0.2, 0.25) is 0 Å². The zero-order chi connectivity index (χ0) is 17.5. The third-order valence-corrected chi connectivity index (χ3v) is 5.24. The largest absolute Gasteiger partial charge is 0.347 e. The molecule has 3 aliphatic rings. The fourth-order valence-electron chi connectivity index (χ4n) is 3.76. The van der Waals surface area contributed by atoms with Crippen molar-refractivity contribution >= 4 is 49.1 Å². The maximum Gasteiger partial charge on any atom is 0.347 e. The minimum Gasteiger partial charge on any atom is -0.339 e. The van der Waals surface area contributed by atoms with E-state index in [0.717, 1.165) is 52.1 Å². The number of nitrogens with one attached hydrogen (secondary N) is 2. The summed E-state index contributed by atoms with van der Waals surface area (Å²) < 4.78 is 0. The maximum absolute atomic E-state index is 12.0. The van der Waals surface area contributed by atoms with Crippen LogP contribution in [-0.4, -0.2) is 85.3 Å². The molecule has 3 aliphatic heterocycles. The summed E-state index contributed by atoms with van der Waals surface area (Å²) >= 11 is 0. The van der Waals surface area contributed by atoms with E-state index in [-0.39, 0.29) is 49.7 Å². The highest BCUT2D eigenvalue weighted by Crippen LogP contribution is 2.18. The summed E-state index contributed by atoms with van der Waals surface area (Å²) in [5, 5.41) is 6.89. The molecule has 164 valence electrons. The van der Waals surface area contributed by atoms with Crippen LogP contribution in [-0.2, 0) is 14.4 Å². The van der Waals surface area contributed by atoms with Gasteiger partial charge in [-0.1, -0.05) is 0 Å². The van der Waals surface area contributed by atoms with Crippen molar-refractivity contribution in [3.05, 3.63) is 5.70 Å². The van der Waals surface area contributed by atoms with E-state index in [9.17, 15) is 9.59 Å². The summed E-state index contributed by atoms with van der Waals surface area (Å²) in [5.74, 6) is 1.51. The third-order valence-electron chi connectivity index (χ3n) is 5.24. The van der Waals surface area contributed by atoms with Crippen molar-refractivity contribution in [3.8, 4) is 0 Å². The fraction of sp³-hybridized carbons (Fsp3) is 0.824. The summed E-state index contributed by atoms with van der Waals surface area (Å²) in [4.78, 5) is 30.8. The number of hydrazine groups is 1. The Labute approximate surface area is 185 Å². The lowest BCUT2D eigenvalue weighted by molar-refractivity contribution is -0.183. The van der Waals surface area contributed by atoms with Crippen LogP contribution in [0.5, 0.6) is 0 Å². The van der Waals surface area contributed by atoms with Crippen LogP contribution in [0.4, 0.5) is 0 Å². The Bertz CT molecular complexity index is 508. The first-order valence-corrected chi connectivity index (χ1v) is 9.42. The summed E-state index contributed by atoms with van der Waals surface area (Å²) in [6.07, 6.45) is 4.94. The van der Waals surface area contributed by atoms with E-state index in [1.807, 2.05) is 5.94 Å². The predicted octanol–water partition coefficient (Wildman–Crippen LogP) is 0.786. The van der Waals surface area contributed by atoms with Gasteiger partial charge in [0.15, 0.2) is 0 Å². The number of allylic oxidation sites excluding steroid dienone is 1. The molecule has 0 aromatic carbocycles. The van der Waals surface area contributed by atoms with Gasteiger partial charge in [-0.3, -0.25) is 4.90 Å². The Morgan fingerprint density at radius 2 is 1.75 bits per heavy atom. The Kier molecular flexibility index (Phi) is 14.1. The predicted molar refractivity (Wildman–Crippen MR) is 115 cm³/mol. The Morgan fingerprint density at radius 3 is 2.39 bits per heavy atom. The topological polar surface area (TPSA) is 77.2 Å². The van der Waals surface area contributed by atoms with E-state index >= 15 is 0 Å². The Balaban J connectivity index is 0.00000243. The molecule has 0 saturated carbocycles. The second-order valence-electron chi connectivity index (χ2n) is 6.91. The molecular formula is C17H32Cl3N5O3. The first kappa shape index (κ1) is 27.4. The van der Waals surface area contributed by atoms with Gasteiger partial charge in [-0.25, -0.2) is 20.0 Å². The van der Waals surface area contributed by atoms with Gasteiger partial charge < -0.3 is 10.2 Å². The Hall–Kier alpha value is -0.570. The number of piperidine rings is 2. The van der Waals surface area contributed by atoms with E-state index in [1.165, 1.54) is 17.9 Å². The average Bonchev–Trinajstić information content (AvgIpc) is 2.68. The lowest BCUT2D eigenvalue weighted by Gasteiger charge is -2.40. The molecule has 11 heteroatoms. The third kappa shape index (κ3) is 8.05. The van der Waals surface area contributed by atoms with Crippen LogP contribution in [0.25, 0.3) is 0 Å². The second-order valence-corrected chi connectivity index (χ2v) is 6.91. The van der Waals surface area contributed by atoms with Gasteiger partial charge in [-0.15, -0.1) is 37.2 Å². The van der Waals surface area contributed by atoms with Gasteiger partial charge in [0.25, 0.3) is 0 Å². The molecule has 8 nitrogen and oxygen atoms in total. The fourth-order valence-corrected chi connectivity index (χ4v) is 3.76. The number of piperazine rings is 1. The summed E-state index contributed by atoms with van der Waals surface area (Å²) in [5.41, 5.74) is 3.59. The molecular weight excluding hydrogens is 429 g/mol. The molecule has 0 aromatic heterocycles. The molecule has 0 aliphatic carbocycles. The number of halogens is 3. The highest BCUT2D eigenvalue weighted by molar-refractivity contribution is 5.86. The zero-order valence-corrected chi connectivity index (χ0v) is 18.5. The van der Waals surface area contributed by atoms with E-state index in [2.05, 4.69) is 20.7 Å². The number of carbonyl (C=O) groups is 1.